The summed E-state index contributed by atoms with van der Waals surface area (Å²) in [6.07, 6.45) is 1.34. The number of esters is 1. The summed E-state index contributed by atoms with van der Waals surface area (Å²) in [5, 5.41) is 6.43. The lowest BCUT2D eigenvalue weighted by molar-refractivity contribution is 0.0734. The zero-order valence-electron chi connectivity index (χ0n) is 20.4. The number of hydrazone groups is 1. The molecule has 0 radical (unpaired) electrons. The van der Waals surface area contributed by atoms with Crippen LogP contribution in [0.4, 0.5) is 0 Å². The van der Waals surface area contributed by atoms with E-state index >= 15 is 0 Å². The van der Waals surface area contributed by atoms with Crippen molar-refractivity contribution in [3.05, 3.63) is 119 Å². The second kappa shape index (κ2) is 12.4. The van der Waals surface area contributed by atoms with Crippen molar-refractivity contribution in [2.45, 2.75) is 0 Å². The Labute approximate surface area is 267 Å². The molecule has 4 aromatic carbocycles. The summed E-state index contributed by atoms with van der Waals surface area (Å²) >= 11 is 34.7. The molecular weight excluding hydrogens is 696 g/mol. The molecule has 0 saturated heterocycles. The van der Waals surface area contributed by atoms with Gasteiger partial charge in [0.15, 0.2) is 0 Å². The zero-order valence-corrected chi connectivity index (χ0v) is 25.8. The smallest absolute Gasteiger partial charge is 0.345 e. The number of carbonyl (C=O) groups is 2. The number of H-pyrrole nitrogens is 1. The average Bonchev–Trinajstić information content (AvgIpc) is 3.30. The van der Waals surface area contributed by atoms with E-state index in [2.05, 4.69) is 31.4 Å². The van der Waals surface area contributed by atoms with Crippen LogP contribution in [0.1, 0.15) is 26.4 Å². The molecule has 206 valence electrons. The number of benzene rings is 4. The molecule has 0 saturated carbocycles. The summed E-state index contributed by atoms with van der Waals surface area (Å²) < 4.78 is 6.26. The fourth-order valence-electron chi connectivity index (χ4n) is 4.07. The fraction of sp³-hybridized carbons (Fsp3) is 0. The van der Waals surface area contributed by atoms with Gasteiger partial charge >= 0.3 is 5.97 Å². The van der Waals surface area contributed by atoms with Crippen LogP contribution in [-0.2, 0) is 0 Å². The minimum atomic E-state index is -0.689. The fourth-order valence-corrected chi connectivity index (χ4v) is 5.71. The quantitative estimate of drug-likeness (QED) is 0.0797. The lowest BCUT2D eigenvalue weighted by Crippen LogP contribution is -2.19. The Hall–Kier alpha value is -3.04. The van der Waals surface area contributed by atoms with Crippen LogP contribution in [0.15, 0.2) is 82.4 Å². The molecule has 1 heterocycles. The predicted molar refractivity (Wildman–Crippen MR) is 169 cm³/mol. The lowest BCUT2D eigenvalue weighted by Gasteiger charge is -2.09. The SMILES string of the molecule is O=C(Oc1ccc(Br)cc1C=NNC(=O)c1[nH]c2c(Cl)cc(Cl)cc2c1-c1ccccc1Cl)c1ccc(Cl)cc1Cl. The van der Waals surface area contributed by atoms with E-state index in [-0.39, 0.29) is 22.0 Å². The van der Waals surface area contributed by atoms with Gasteiger partial charge in [-0.25, -0.2) is 10.2 Å². The number of carbonyl (C=O) groups excluding carboxylic acids is 2. The number of fused-ring (bicyclic) bond motifs is 1. The first-order valence-corrected chi connectivity index (χ1v) is 14.4. The molecule has 0 fully saturated rings. The second-order valence-electron chi connectivity index (χ2n) is 8.56. The predicted octanol–water partition coefficient (Wildman–Crippen LogP) is 9.85. The summed E-state index contributed by atoms with van der Waals surface area (Å²) in [7, 11) is 0. The van der Waals surface area contributed by atoms with Gasteiger partial charge < -0.3 is 9.72 Å². The molecule has 12 heteroatoms. The number of aromatic amines is 1. The maximum Gasteiger partial charge on any atom is 0.345 e. The third kappa shape index (κ3) is 6.41. The number of rotatable bonds is 6. The molecule has 1 aromatic heterocycles. The molecule has 0 aliphatic rings. The summed E-state index contributed by atoms with van der Waals surface area (Å²) in [5.74, 6) is -1.07. The Balaban J connectivity index is 1.45. The molecule has 0 bridgehead atoms. The second-order valence-corrected chi connectivity index (χ2v) is 11.6. The summed E-state index contributed by atoms with van der Waals surface area (Å²) in [5.41, 5.74) is 4.86. The molecule has 5 rings (SSSR count). The van der Waals surface area contributed by atoms with Crippen molar-refractivity contribution < 1.29 is 14.3 Å². The van der Waals surface area contributed by atoms with Crippen LogP contribution in [0.2, 0.25) is 25.1 Å². The van der Waals surface area contributed by atoms with Gasteiger partial charge in [0.05, 0.1) is 27.3 Å². The van der Waals surface area contributed by atoms with E-state index < -0.39 is 11.9 Å². The maximum absolute atomic E-state index is 13.4. The Bertz CT molecular complexity index is 1870. The van der Waals surface area contributed by atoms with Gasteiger partial charge in [-0.05, 0) is 54.6 Å². The lowest BCUT2D eigenvalue weighted by atomic mass is 10.0. The topological polar surface area (TPSA) is 83.5 Å². The molecule has 1 amide bonds. The number of halogens is 6. The van der Waals surface area contributed by atoms with Crippen molar-refractivity contribution in [1.29, 1.82) is 0 Å². The summed E-state index contributed by atoms with van der Waals surface area (Å²) in [4.78, 5) is 29.2. The number of amides is 1. The molecule has 0 aliphatic carbocycles. The molecular formula is C29H15BrCl5N3O3. The first kappa shape index (κ1) is 29.5. The van der Waals surface area contributed by atoms with Gasteiger partial charge in [-0.2, -0.15) is 5.10 Å². The number of nitrogens with zero attached hydrogens (tertiary/aromatic N) is 1. The number of hydrogen-bond donors (Lipinski definition) is 2. The molecule has 0 spiro atoms. The number of nitrogens with one attached hydrogen (secondary N) is 2. The van der Waals surface area contributed by atoms with Gasteiger partial charge in [0.2, 0.25) is 0 Å². The third-order valence-corrected chi connectivity index (χ3v) is 7.78. The number of hydrogen-bond acceptors (Lipinski definition) is 4. The van der Waals surface area contributed by atoms with Crippen LogP contribution in [0.25, 0.3) is 22.0 Å². The standard InChI is InChI=1S/C29H15BrCl5N3O3/c30-15-5-8-24(41-29(40)19-7-6-16(31)11-22(19)34)14(9-15)13-36-38-28(39)27-25(18-3-1-2-4-21(18)33)20-10-17(32)12-23(35)26(20)37-27/h1-13,37H,(H,38,39). The zero-order chi connectivity index (χ0) is 29.3. The molecule has 41 heavy (non-hydrogen) atoms. The van der Waals surface area contributed by atoms with E-state index in [9.17, 15) is 9.59 Å². The van der Waals surface area contributed by atoms with E-state index in [1.165, 1.54) is 24.4 Å². The van der Waals surface area contributed by atoms with Gasteiger partial charge in [0.1, 0.15) is 11.4 Å². The summed E-state index contributed by atoms with van der Waals surface area (Å²) in [6, 6.07) is 19.8. The van der Waals surface area contributed by atoms with Crippen molar-refractivity contribution in [3.8, 4) is 16.9 Å². The monoisotopic (exact) mass is 707 g/mol. The Morgan fingerprint density at radius 1 is 0.854 bits per heavy atom. The van der Waals surface area contributed by atoms with Gasteiger partial charge in [0.25, 0.3) is 5.91 Å². The molecule has 0 unspecified atom stereocenters. The van der Waals surface area contributed by atoms with E-state index in [0.29, 0.717) is 52.2 Å². The van der Waals surface area contributed by atoms with Crippen LogP contribution in [-0.4, -0.2) is 23.1 Å². The van der Waals surface area contributed by atoms with Gasteiger partial charge in [-0.15, -0.1) is 0 Å². The molecule has 2 N–H and O–H groups in total. The first-order valence-electron chi connectivity index (χ1n) is 11.7. The van der Waals surface area contributed by atoms with Crippen molar-refractivity contribution in [3.63, 3.8) is 0 Å². The molecule has 0 aliphatic heterocycles. The van der Waals surface area contributed by atoms with E-state index in [4.69, 9.17) is 62.7 Å². The minimum absolute atomic E-state index is 0.139. The highest BCUT2D eigenvalue weighted by atomic mass is 79.9. The maximum atomic E-state index is 13.4. The van der Waals surface area contributed by atoms with E-state index in [0.717, 1.165) is 0 Å². The molecule has 6 nitrogen and oxygen atoms in total. The van der Waals surface area contributed by atoms with Crippen LogP contribution in [0.5, 0.6) is 5.75 Å². The van der Waals surface area contributed by atoms with Crippen molar-refractivity contribution >= 4 is 103 Å². The third-order valence-electron chi connectivity index (χ3n) is 5.89. The summed E-state index contributed by atoms with van der Waals surface area (Å²) in [6.45, 7) is 0. The Kier molecular flexibility index (Phi) is 8.94. The van der Waals surface area contributed by atoms with Crippen molar-refractivity contribution in [1.82, 2.24) is 10.4 Å². The molecule has 0 atom stereocenters. The Morgan fingerprint density at radius 3 is 2.37 bits per heavy atom. The van der Waals surface area contributed by atoms with Gasteiger partial charge in [-0.1, -0.05) is 92.1 Å². The highest BCUT2D eigenvalue weighted by molar-refractivity contribution is 9.10. The number of aromatic nitrogens is 1. The van der Waals surface area contributed by atoms with Crippen LogP contribution >= 0.6 is 73.9 Å². The average molecular weight is 711 g/mol. The largest absolute Gasteiger partial charge is 0.422 e. The van der Waals surface area contributed by atoms with Crippen molar-refractivity contribution in [2.24, 2.45) is 5.10 Å². The number of ether oxygens (including phenoxy) is 1. The first-order chi connectivity index (χ1) is 19.6. The highest BCUT2D eigenvalue weighted by Crippen LogP contribution is 2.40. The van der Waals surface area contributed by atoms with Crippen LogP contribution in [0, 0.1) is 0 Å². The van der Waals surface area contributed by atoms with Crippen LogP contribution in [0.3, 0.4) is 0 Å². The highest BCUT2D eigenvalue weighted by Gasteiger charge is 2.23. The van der Waals surface area contributed by atoms with Gasteiger partial charge in [0, 0.05) is 41.6 Å². The van der Waals surface area contributed by atoms with Crippen molar-refractivity contribution in [2.75, 3.05) is 0 Å². The van der Waals surface area contributed by atoms with Crippen LogP contribution < -0.4 is 10.2 Å². The minimum Gasteiger partial charge on any atom is -0.422 e. The molecule has 5 aromatic rings. The Morgan fingerprint density at radius 2 is 1.61 bits per heavy atom. The van der Waals surface area contributed by atoms with E-state index in [1.807, 2.05) is 0 Å². The van der Waals surface area contributed by atoms with E-state index in [1.54, 1.807) is 54.6 Å². The van der Waals surface area contributed by atoms with Gasteiger partial charge in [-0.3, -0.25) is 4.79 Å². The normalized spacial score (nSPS) is 11.3.